The van der Waals surface area contributed by atoms with Crippen molar-refractivity contribution in [2.45, 2.75) is 38.6 Å². The van der Waals surface area contributed by atoms with Crippen LogP contribution in [0.4, 0.5) is 5.69 Å². The third-order valence-electron chi connectivity index (χ3n) is 3.83. The summed E-state index contributed by atoms with van der Waals surface area (Å²) in [5, 5.41) is 2.73. The summed E-state index contributed by atoms with van der Waals surface area (Å²) in [5.74, 6) is -0.408. The van der Waals surface area contributed by atoms with E-state index in [0.29, 0.717) is 5.69 Å². The van der Waals surface area contributed by atoms with Gasteiger partial charge in [-0.15, -0.1) is 0 Å². The van der Waals surface area contributed by atoms with Crippen LogP contribution < -0.4 is 10.0 Å². The standard InChI is InChI=1S/C18H22N2O3S/c1-12-5-9-17(10-6-12)24(22,23)20-15(4)18(21)19-16-8-7-13(2)14(3)11-16/h5-11,15,20H,1-4H3,(H,19,21)/t15-/m0/s1. The van der Waals surface area contributed by atoms with Crippen LogP contribution in [0.15, 0.2) is 47.4 Å². The molecule has 1 amide bonds. The molecular weight excluding hydrogens is 324 g/mol. The molecule has 6 heteroatoms. The number of amides is 1. The highest BCUT2D eigenvalue weighted by molar-refractivity contribution is 7.89. The Morgan fingerprint density at radius 3 is 2.17 bits per heavy atom. The minimum atomic E-state index is -3.74. The molecule has 128 valence electrons. The molecule has 2 aromatic carbocycles. The van der Waals surface area contributed by atoms with E-state index in [4.69, 9.17) is 0 Å². The number of hydrogen-bond acceptors (Lipinski definition) is 3. The fourth-order valence-electron chi connectivity index (χ4n) is 2.14. The Kier molecular flexibility index (Phi) is 5.41. The van der Waals surface area contributed by atoms with Gasteiger partial charge in [0, 0.05) is 5.69 Å². The normalized spacial score (nSPS) is 12.7. The van der Waals surface area contributed by atoms with Gasteiger partial charge in [0.2, 0.25) is 15.9 Å². The van der Waals surface area contributed by atoms with E-state index in [1.807, 2.05) is 32.9 Å². The van der Waals surface area contributed by atoms with Crippen molar-refractivity contribution in [2.75, 3.05) is 5.32 Å². The highest BCUT2D eigenvalue weighted by Gasteiger charge is 2.22. The highest BCUT2D eigenvalue weighted by atomic mass is 32.2. The predicted octanol–water partition coefficient (Wildman–Crippen LogP) is 2.92. The summed E-state index contributed by atoms with van der Waals surface area (Å²) in [6.07, 6.45) is 0. The minimum Gasteiger partial charge on any atom is -0.325 e. The molecule has 24 heavy (non-hydrogen) atoms. The fourth-order valence-corrected chi connectivity index (χ4v) is 3.34. The third kappa shape index (κ3) is 4.43. The number of carbonyl (C=O) groups excluding carboxylic acids is 1. The van der Waals surface area contributed by atoms with Crippen molar-refractivity contribution in [2.24, 2.45) is 0 Å². The maximum Gasteiger partial charge on any atom is 0.242 e. The number of benzene rings is 2. The molecule has 0 aliphatic rings. The number of carbonyl (C=O) groups is 1. The Hall–Kier alpha value is -2.18. The molecule has 0 fully saturated rings. The van der Waals surface area contributed by atoms with E-state index >= 15 is 0 Å². The van der Waals surface area contributed by atoms with Crippen molar-refractivity contribution < 1.29 is 13.2 Å². The molecule has 0 heterocycles. The van der Waals surface area contributed by atoms with Crippen LogP contribution in [0.5, 0.6) is 0 Å². The van der Waals surface area contributed by atoms with E-state index in [-0.39, 0.29) is 4.90 Å². The Labute approximate surface area is 143 Å². The molecule has 5 nitrogen and oxygen atoms in total. The first-order chi connectivity index (χ1) is 11.2. The van der Waals surface area contributed by atoms with Crippen LogP contribution in [0.2, 0.25) is 0 Å². The molecule has 0 radical (unpaired) electrons. The number of aryl methyl sites for hydroxylation is 3. The zero-order valence-corrected chi connectivity index (χ0v) is 15.1. The van der Waals surface area contributed by atoms with Crippen LogP contribution in [0, 0.1) is 20.8 Å². The van der Waals surface area contributed by atoms with Crippen molar-refractivity contribution >= 4 is 21.6 Å². The summed E-state index contributed by atoms with van der Waals surface area (Å²) in [6, 6.07) is 11.1. The molecule has 0 saturated carbocycles. The van der Waals surface area contributed by atoms with Gasteiger partial charge in [-0.3, -0.25) is 4.79 Å². The van der Waals surface area contributed by atoms with Gasteiger partial charge >= 0.3 is 0 Å². The highest BCUT2D eigenvalue weighted by Crippen LogP contribution is 2.15. The van der Waals surface area contributed by atoms with Crippen molar-refractivity contribution in [3.8, 4) is 0 Å². The number of sulfonamides is 1. The lowest BCUT2D eigenvalue weighted by atomic mass is 10.1. The maximum atomic E-state index is 12.3. The lowest BCUT2D eigenvalue weighted by Gasteiger charge is -2.15. The first kappa shape index (κ1) is 18.2. The molecule has 0 spiro atoms. The first-order valence-corrected chi connectivity index (χ1v) is 9.14. The summed E-state index contributed by atoms with van der Waals surface area (Å²) in [5.41, 5.74) is 3.79. The van der Waals surface area contributed by atoms with Gasteiger partial charge in [0.25, 0.3) is 0 Å². The molecular formula is C18H22N2O3S. The van der Waals surface area contributed by atoms with Crippen molar-refractivity contribution in [3.05, 3.63) is 59.2 Å². The van der Waals surface area contributed by atoms with Gasteiger partial charge in [0.1, 0.15) is 0 Å². The summed E-state index contributed by atoms with van der Waals surface area (Å²) in [7, 11) is -3.74. The predicted molar refractivity (Wildman–Crippen MR) is 95.5 cm³/mol. The average Bonchev–Trinajstić information content (AvgIpc) is 2.51. The zero-order chi connectivity index (χ0) is 17.9. The Morgan fingerprint density at radius 1 is 0.958 bits per heavy atom. The summed E-state index contributed by atoms with van der Waals surface area (Å²) < 4.78 is 27.0. The molecule has 0 unspecified atom stereocenters. The van der Waals surface area contributed by atoms with Crippen LogP contribution in [-0.4, -0.2) is 20.4 Å². The van der Waals surface area contributed by atoms with Gasteiger partial charge in [-0.05, 0) is 63.1 Å². The number of anilines is 1. The van der Waals surface area contributed by atoms with Crippen LogP contribution >= 0.6 is 0 Å². The quantitative estimate of drug-likeness (QED) is 0.874. The molecule has 2 rings (SSSR count). The molecule has 2 N–H and O–H groups in total. The molecule has 1 atom stereocenters. The lowest BCUT2D eigenvalue weighted by Crippen LogP contribution is -2.41. The second kappa shape index (κ2) is 7.15. The van der Waals surface area contributed by atoms with Crippen molar-refractivity contribution in [1.29, 1.82) is 0 Å². The van der Waals surface area contributed by atoms with E-state index in [1.54, 1.807) is 18.2 Å². The van der Waals surface area contributed by atoms with Gasteiger partial charge in [-0.2, -0.15) is 4.72 Å². The molecule has 0 bridgehead atoms. The summed E-state index contributed by atoms with van der Waals surface area (Å²) in [4.78, 5) is 12.4. The van der Waals surface area contributed by atoms with Crippen LogP contribution in [0.25, 0.3) is 0 Å². The minimum absolute atomic E-state index is 0.138. The van der Waals surface area contributed by atoms with E-state index in [0.717, 1.165) is 16.7 Å². The van der Waals surface area contributed by atoms with Gasteiger partial charge in [0.15, 0.2) is 0 Å². The smallest absolute Gasteiger partial charge is 0.242 e. The van der Waals surface area contributed by atoms with Crippen LogP contribution in [-0.2, 0) is 14.8 Å². The SMILES string of the molecule is Cc1ccc(S(=O)(=O)N[C@@H](C)C(=O)Nc2ccc(C)c(C)c2)cc1. The average molecular weight is 346 g/mol. The second-order valence-corrected chi connectivity index (χ2v) is 7.66. The Balaban J connectivity index is 2.07. The number of nitrogens with one attached hydrogen (secondary N) is 2. The Bertz CT molecular complexity index is 843. The fraction of sp³-hybridized carbons (Fsp3) is 0.278. The molecule has 0 aliphatic carbocycles. The van der Waals surface area contributed by atoms with Crippen molar-refractivity contribution in [3.63, 3.8) is 0 Å². The van der Waals surface area contributed by atoms with E-state index in [1.165, 1.54) is 19.1 Å². The maximum absolute atomic E-state index is 12.3. The first-order valence-electron chi connectivity index (χ1n) is 7.66. The van der Waals surface area contributed by atoms with E-state index in [2.05, 4.69) is 10.0 Å². The van der Waals surface area contributed by atoms with Gasteiger partial charge in [-0.1, -0.05) is 23.8 Å². The topological polar surface area (TPSA) is 75.3 Å². The van der Waals surface area contributed by atoms with Gasteiger partial charge in [-0.25, -0.2) is 8.42 Å². The molecule has 0 aromatic heterocycles. The second-order valence-electron chi connectivity index (χ2n) is 5.94. The van der Waals surface area contributed by atoms with Crippen LogP contribution in [0.1, 0.15) is 23.6 Å². The summed E-state index contributed by atoms with van der Waals surface area (Å²) >= 11 is 0. The molecule has 2 aromatic rings. The lowest BCUT2D eigenvalue weighted by molar-refractivity contribution is -0.117. The monoisotopic (exact) mass is 346 g/mol. The van der Waals surface area contributed by atoms with E-state index in [9.17, 15) is 13.2 Å². The van der Waals surface area contributed by atoms with Gasteiger partial charge in [0.05, 0.1) is 10.9 Å². The van der Waals surface area contributed by atoms with Crippen LogP contribution in [0.3, 0.4) is 0 Å². The van der Waals surface area contributed by atoms with Crippen molar-refractivity contribution in [1.82, 2.24) is 4.72 Å². The molecule has 0 aliphatic heterocycles. The summed E-state index contributed by atoms with van der Waals surface area (Å²) in [6.45, 7) is 7.33. The number of hydrogen-bond donors (Lipinski definition) is 2. The number of rotatable bonds is 5. The van der Waals surface area contributed by atoms with Gasteiger partial charge < -0.3 is 5.32 Å². The largest absolute Gasteiger partial charge is 0.325 e. The molecule has 0 saturated heterocycles. The van der Waals surface area contributed by atoms with E-state index < -0.39 is 22.0 Å². The Morgan fingerprint density at radius 2 is 1.58 bits per heavy atom. The zero-order valence-electron chi connectivity index (χ0n) is 14.3. The third-order valence-corrected chi connectivity index (χ3v) is 5.39.